The van der Waals surface area contributed by atoms with Crippen molar-refractivity contribution in [2.45, 2.75) is 38.8 Å². The predicted octanol–water partition coefficient (Wildman–Crippen LogP) is 6.24. The smallest absolute Gasteiger partial charge is 0.408 e. The number of aromatic nitrogens is 2. The summed E-state index contributed by atoms with van der Waals surface area (Å²) in [4.78, 5) is 42.3. The quantitative estimate of drug-likeness (QED) is 0.194. The number of rotatable bonds is 8. The molecule has 3 aromatic carbocycles. The minimum absolute atomic E-state index is 0.0386. The van der Waals surface area contributed by atoms with Gasteiger partial charge in [-0.15, -0.1) is 11.8 Å². The van der Waals surface area contributed by atoms with Crippen LogP contribution in [0.4, 0.5) is 13.2 Å². The van der Waals surface area contributed by atoms with Crippen LogP contribution in [0.5, 0.6) is 0 Å². The Morgan fingerprint density at radius 3 is 2.16 bits per heavy atom. The largest absolute Gasteiger partial charge is 0.420 e. The molecule has 0 saturated heterocycles. The molecule has 4 N–H and O–H groups in total. The highest BCUT2D eigenvalue weighted by Crippen LogP contribution is 2.36. The van der Waals surface area contributed by atoms with Gasteiger partial charge in [-0.05, 0) is 73.0 Å². The predicted molar refractivity (Wildman–Crippen MR) is 168 cm³/mol. The van der Waals surface area contributed by atoms with Gasteiger partial charge < -0.3 is 15.9 Å². The topological polar surface area (TPSA) is 134 Å². The summed E-state index contributed by atoms with van der Waals surface area (Å²) in [7, 11) is 0. The van der Waals surface area contributed by atoms with Crippen molar-refractivity contribution in [2.24, 2.45) is 17.4 Å². The lowest BCUT2D eigenvalue weighted by molar-refractivity contribution is 0.0997. The number of primary amides is 2. The lowest BCUT2D eigenvalue weighted by Gasteiger charge is -2.19. The maximum Gasteiger partial charge on any atom is 0.420 e. The molecule has 5 aromatic rings. The summed E-state index contributed by atoms with van der Waals surface area (Å²) in [5.74, 6) is -4.34. The number of pyridine rings is 1. The molecule has 234 valence electrons. The Labute approximate surface area is 261 Å². The van der Waals surface area contributed by atoms with E-state index in [0.717, 1.165) is 17.7 Å². The zero-order valence-electron chi connectivity index (χ0n) is 25.0. The summed E-state index contributed by atoms with van der Waals surface area (Å²) in [6.45, 7) is 5.79. The van der Waals surface area contributed by atoms with Gasteiger partial charge in [0.2, 0.25) is 0 Å². The molecule has 0 saturated carbocycles. The Morgan fingerprint density at radius 1 is 0.933 bits per heavy atom. The molecule has 5 rings (SSSR count). The fourth-order valence-electron chi connectivity index (χ4n) is 4.80. The number of fused-ring (bicyclic) bond motifs is 1. The van der Waals surface area contributed by atoms with E-state index < -0.39 is 29.2 Å². The Bertz CT molecular complexity index is 1930. The van der Waals surface area contributed by atoms with Gasteiger partial charge in [-0.2, -0.15) is 0 Å². The van der Waals surface area contributed by atoms with E-state index in [4.69, 9.17) is 15.9 Å². The van der Waals surface area contributed by atoms with Gasteiger partial charge >= 0.3 is 5.76 Å². The van der Waals surface area contributed by atoms with Gasteiger partial charge in [0.1, 0.15) is 10.8 Å². The molecular weight excluding hydrogens is 605 g/mol. The molecule has 0 aliphatic heterocycles. The first kappa shape index (κ1) is 33.1. The molecule has 2 aromatic heterocycles. The van der Waals surface area contributed by atoms with E-state index in [0.29, 0.717) is 33.8 Å². The van der Waals surface area contributed by atoms with Crippen LogP contribution in [0.25, 0.3) is 22.2 Å². The first-order valence-corrected chi connectivity index (χ1v) is 15.0. The van der Waals surface area contributed by atoms with Crippen molar-refractivity contribution in [2.75, 3.05) is 6.26 Å². The number of amides is 2. The van der Waals surface area contributed by atoms with Crippen molar-refractivity contribution in [1.29, 1.82) is 0 Å². The molecule has 0 atom stereocenters. The fraction of sp³-hybridized carbons (Fsp3) is 0.212. The number of aryl methyl sites for hydroxylation is 1. The Morgan fingerprint density at radius 2 is 1.60 bits per heavy atom. The van der Waals surface area contributed by atoms with E-state index in [9.17, 15) is 27.6 Å². The number of hydrogen-bond donors (Lipinski definition) is 2. The summed E-state index contributed by atoms with van der Waals surface area (Å²) >= 11 is 1.21. The number of carbonyl (C=O) groups excluding carboxylic acids is 2. The van der Waals surface area contributed by atoms with Crippen LogP contribution in [0.1, 0.15) is 51.4 Å². The molecule has 2 heterocycles. The van der Waals surface area contributed by atoms with Crippen LogP contribution in [0.15, 0.2) is 74.9 Å². The van der Waals surface area contributed by atoms with Crippen LogP contribution < -0.4 is 17.2 Å². The molecule has 2 amide bonds. The van der Waals surface area contributed by atoms with Crippen molar-refractivity contribution in [3.05, 3.63) is 117 Å². The van der Waals surface area contributed by atoms with Crippen molar-refractivity contribution in [1.82, 2.24) is 9.55 Å². The number of halogens is 3. The van der Waals surface area contributed by atoms with Gasteiger partial charge in [0.25, 0.3) is 11.8 Å². The molecule has 12 heteroatoms. The molecule has 0 fully saturated rings. The zero-order chi connectivity index (χ0) is 33.0. The van der Waals surface area contributed by atoms with Gasteiger partial charge in [0.05, 0.1) is 28.9 Å². The second-order valence-corrected chi connectivity index (χ2v) is 11.5. The van der Waals surface area contributed by atoms with E-state index in [1.54, 1.807) is 30.5 Å². The average molecular weight is 637 g/mol. The highest BCUT2D eigenvalue weighted by Gasteiger charge is 2.27. The fourth-order valence-corrected chi connectivity index (χ4v) is 5.41. The Balaban J connectivity index is 0.000000501. The molecule has 45 heavy (non-hydrogen) atoms. The average Bonchev–Trinajstić information content (AvgIpc) is 3.29. The number of nitrogens with two attached hydrogens (primary N) is 2. The monoisotopic (exact) mass is 636 g/mol. The van der Waals surface area contributed by atoms with Gasteiger partial charge in [0.15, 0.2) is 17.2 Å². The number of thioether (sulfide) groups is 1. The molecule has 8 nitrogen and oxygen atoms in total. The van der Waals surface area contributed by atoms with Crippen LogP contribution >= 0.6 is 11.8 Å². The maximum atomic E-state index is 13.7. The van der Waals surface area contributed by atoms with Crippen LogP contribution in [0.2, 0.25) is 0 Å². The lowest BCUT2D eigenvalue weighted by atomic mass is 9.91. The van der Waals surface area contributed by atoms with E-state index >= 15 is 0 Å². The number of carbonyl (C=O) groups is 2. The van der Waals surface area contributed by atoms with Crippen molar-refractivity contribution < 1.29 is 27.2 Å². The summed E-state index contributed by atoms with van der Waals surface area (Å²) in [5.41, 5.74) is 14.6. The van der Waals surface area contributed by atoms with Crippen molar-refractivity contribution >= 4 is 34.7 Å². The molecule has 0 aliphatic rings. The van der Waals surface area contributed by atoms with E-state index in [1.165, 1.54) is 40.6 Å². The second-order valence-electron chi connectivity index (χ2n) is 10.7. The maximum absolute atomic E-state index is 13.7. The standard InChI is InChI=1S/C26H24F2N4O4S.C7H7F/c1-12(2)8-17-21(23(29)33)20(22(24(30)34)25(31-17)37-3)14-5-7-18-19(10-14)36-26(35)32(18)11-13-4-6-15(27)16(28)9-13;1-6-2-4-7(8)5-3-6/h4-7,9-10,12H,8,11H2,1-3H3,(H2,29,33)(H2,30,34);2-5H,1H3. The Hall–Kier alpha value is -4.84. The zero-order valence-corrected chi connectivity index (χ0v) is 25.8. The number of oxazole rings is 1. The van der Waals surface area contributed by atoms with Crippen LogP contribution in [-0.4, -0.2) is 27.6 Å². The third-order valence-electron chi connectivity index (χ3n) is 6.82. The highest BCUT2D eigenvalue weighted by molar-refractivity contribution is 7.98. The summed E-state index contributed by atoms with van der Waals surface area (Å²) < 4.78 is 45.8. The molecule has 0 radical (unpaired) electrons. The van der Waals surface area contributed by atoms with E-state index in [-0.39, 0.29) is 40.6 Å². The SMILES string of the molecule is CSc1nc(CC(C)C)c(C(N)=O)c(-c2ccc3c(c2)oc(=O)n3Cc2ccc(F)c(F)c2)c1C(N)=O.Cc1ccc(F)cc1. The molecule has 0 aliphatic carbocycles. The third kappa shape index (κ3) is 7.46. The minimum Gasteiger partial charge on any atom is -0.408 e. The van der Waals surface area contributed by atoms with Crippen molar-refractivity contribution in [3.63, 3.8) is 0 Å². The third-order valence-corrected chi connectivity index (χ3v) is 7.50. The highest BCUT2D eigenvalue weighted by atomic mass is 32.2. The number of nitrogens with zero attached hydrogens (tertiary/aromatic N) is 2. The Kier molecular flexibility index (Phi) is 10.2. The molecule has 0 bridgehead atoms. The molecule has 0 unspecified atom stereocenters. The van der Waals surface area contributed by atoms with Gasteiger partial charge in [-0.1, -0.05) is 43.7 Å². The lowest BCUT2D eigenvalue weighted by Crippen LogP contribution is -2.23. The van der Waals surface area contributed by atoms with Crippen LogP contribution in [0, 0.1) is 30.3 Å². The molecule has 0 spiro atoms. The second kappa shape index (κ2) is 13.9. The van der Waals surface area contributed by atoms with Gasteiger partial charge in [-0.3, -0.25) is 14.2 Å². The summed E-state index contributed by atoms with van der Waals surface area (Å²) in [6, 6.07) is 14.4. The van der Waals surface area contributed by atoms with Gasteiger partial charge in [-0.25, -0.2) is 22.9 Å². The van der Waals surface area contributed by atoms with Crippen LogP contribution in [0.3, 0.4) is 0 Å². The van der Waals surface area contributed by atoms with Crippen LogP contribution in [-0.2, 0) is 13.0 Å². The first-order chi connectivity index (χ1) is 21.3. The summed E-state index contributed by atoms with van der Waals surface area (Å²) in [6.07, 6.45) is 2.17. The van der Waals surface area contributed by atoms with E-state index in [1.807, 2.05) is 20.8 Å². The molecular formula is C33H31F3N4O4S. The van der Waals surface area contributed by atoms with Gasteiger partial charge in [0, 0.05) is 5.56 Å². The van der Waals surface area contributed by atoms with E-state index in [2.05, 4.69) is 4.98 Å². The number of hydrogen-bond acceptors (Lipinski definition) is 6. The normalized spacial score (nSPS) is 11.0. The minimum atomic E-state index is -1.03. The number of benzene rings is 3. The summed E-state index contributed by atoms with van der Waals surface area (Å²) in [5, 5.41) is 0.348. The first-order valence-electron chi connectivity index (χ1n) is 13.8. The van der Waals surface area contributed by atoms with Crippen molar-refractivity contribution in [3.8, 4) is 11.1 Å².